The van der Waals surface area contributed by atoms with Crippen molar-refractivity contribution in [3.05, 3.63) is 47.5 Å². The smallest absolute Gasteiger partial charge is 0.272 e. The molecule has 8 heteroatoms. The minimum absolute atomic E-state index is 0.0752. The fourth-order valence-corrected chi connectivity index (χ4v) is 2.87. The summed E-state index contributed by atoms with van der Waals surface area (Å²) in [4.78, 5) is 28.4. The van der Waals surface area contributed by atoms with E-state index in [0.717, 1.165) is 13.1 Å². The lowest BCUT2D eigenvalue weighted by molar-refractivity contribution is -0.131. The molecule has 0 unspecified atom stereocenters. The van der Waals surface area contributed by atoms with Gasteiger partial charge in [-0.1, -0.05) is 12.1 Å². The fourth-order valence-electron chi connectivity index (χ4n) is 2.87. The highest BCUT2D eigenvalue weighted by Gasteiger charge is 2.20. The van der Waals surface area contributed by atoms with Gasteiger partial charge in [0, 0.05) is 31.9 Å². The van der Waals surface area contributed by atoms with Gasteiger partial charge in [0.15, 0.2) is 5.69 Å². The molecule has 1 aliphatic heterocycles. The number of amides is 2. The Morgan fingerprint density at radius 2 is 1.88 bits per heavy atom. The van der Waals surface area contributed by atoms with Crippen molar-refractivity contribution in [2.45, 2.75) is 6.92 Å². The van der Waals surface area contributed by atoms with Gasteiger partial charge in [-0.2, -0.15) is 5.10 Å². The molecule has 0 saturated carbocycles. The predicted molar refractivity (Wildman–Crippen MR) is 94.7 cm³/mol. The van der Waals surface area contributed by atoms with E-state index in [9.17, 15) is 14.0 Å². The first-order valence-electron chi connectivity index (χ1n) is 8.52. The van der Waals surface area contributed by atoms with Gasteiger partial charge in [0.25, 0.3) is 5.91 Å². The molecule has 7 nitrogen and oxygen atoms in total. The van der Waals surface area contributed by atoms with Gasteiger partial charge in [-0.15, -0.1) is 0 Å². The number of carbonyl (C=O) groups excluding carboxylic acids is 2. The summed E-state index contributed by atoms with van der Waals surface area (Å²) in [6, 6.07) is 7.80. The number of piperazine rings is 1. The molecular weight excluding hydrogens is 337 g/mol. The van der Waals surface area contributed by atoms with E-state index in [1.54, 1.807) is 36.1 Å². The van der Waals surface area contributed by atoms with Gasteiger partial charge in [-0.25, -0.2) is 9.07 Å². The third-order valence-corrected chi connectivity index (χ3v) is 4.46. The standard InChI is InChI=1S/C18H22FN5O2/c1-13-11-15(21-24(13)16-6-4-3-5-14(16)19)18(26)20-12-17(25)23-9-7-22(2)8-10-23/h3-6,11H,7-10,12H2,1-2H3,(H,20,26). The maximum Gasteiger partial charge on any atom is 0.272 e. The number of para-hydroxylation sites is 1. The van der Waals surface area contributed by atoms with Gasteiger partial charge in [-0.3, -0.25) is 9.59 Å². The summed E-state index contributed by atoms with van der Waals surface area (Å²) in [5.74, 6) is -0.988. The molecule has 2 heterocycles. The van der Waals surface area contributed by atoms with E-state index in [2.05, 4.69) is 15.3 Å². The number of likely N-dealkylation sites (N-methyl/N-ethyl adjacent to an activating group) is 1. The Bertz CT molecular complexity index is 812. The first-order valence-corrected chi connectivity index (χ1v) is 8.52. The molecule has 1 saturated heterocycles. The van der Waals surface area contributed by atoms with Crippen LogP contribution in [0.5, 0.6) is 0 Å². The highest BCUT2D eigenvalue weighted by molar-refractivity contribution is 5.95. The van der Waals surface area contributed by atoms with Crippen molar-refractivity contribution in [1.82, 2.24) is 24.9 Å². The van der Waals surface area contributed by atoms with Crippen molar-refractivity contribution in [3.8, 4) is 5.69 Å². The van der Waals surface area contributed by atoms with Crippen LogP contribution in [0, 0.1) is 12.7 Å². The molecular formula is C18H22FN5O2. The van der Waals surface area contributed by atoms with Crippen molar-refractivity contribution < 1.29 is 14.0 Å². The molecule has 0 atom stereocenters. The zero-order valence-electron chi connectivity index (χ0n) is 14.9. The van der Waals surface area contributed by atoms with Crippen LogP contribution < -0.4 is 5.32 Å². The van der Waals surface area contributed by atoms with Crippen molar-refractivity contribution in [3.63, 3.8) is 0 Å². The Morgan fingerprint density at radius 3 is 2.58 bits per heavy atom. The summed E-state index contributed by atoms with van der Waals surface area (Å²) >= 11 is 0. The minimum Gasteiger partial charge on any atom is -0.342 e. The maximum absolute atomic E-state index is 13.9. The Labute approximate surface area is 151 Å². The quantitative estimate of drug-likeness (QED) is 0.878. The Balaban J connectivity index is 1.63. The zero-order valence-corrected chi connectivity index (χ0v) is 14.9. The number of aromatic nitrogens is 2. The van der Waals surface area contributed by atoms with Crippen LogP contribution in [0.25, 0.3) is 5.69 Å². The molecule has 1 N–H and O–H groups in total. The molecule has 3 rings (SSSR count). The number of nitrogens with one attached hydrogen (secondary N) is 1. The maximum atomic E-state index is 13.9. The number of rotatable bonds is 4. The monoisotopic (exact) mass is 359 g/mol. The average Bonchev–Trinajstić information content (AvgIpc) is 3.02. The molecule has 1 fully saturated rings. The van der Waals surface area contributed by atoms with E-state index >= 15 is 0 Å². The summed E-state index contributed by atoms with van der Waals surface area (Å²) < 4.78 is 15.3. The fraction of sp³-hybridized carbons (Fsp3) is 0.389. The molecule has 0 radical (unpaired) electrons. The van der Waals surface area contributed by atoms with Gasteiger partial charge in [0.2, 0.25) is 5.91 Å². The second-order valence-electron chi connectivity index (χ2n) is 6.40. The summed E-state index contributed by atoms with van der Waals surface area (Å²) in [7, 11) is 2.01. The molecule has 138 valence electrons. The van der Waals surface area contributed by atoms with Crippen molar-refractivity contribution in [2.75, 3.05) is 39.8 Å². The van der Waals surface area contributed by atoms with E-state index in [-0.39, 0.29) is 23.8 Å². The van der Waals surface area contributed by atoms with E-state index in [1.165, 1.54) is 10.7 Å². The third kappa shape index (κ3) is 3.91. The second kappa shape index (κ2) is 7.65. The van der Waals surface area contributed by atoms with E-state index in [0.29, 0.717) is 18.8 Å². The van der Waals surface area contributed by atoms with Crippen LogP contribution in [0.4, 0.5) is 4.39 Å². The molecule has 1 aromatic carbocycles. The van der Waals surface area contributed by atoms with Crippen molar-refractivity contribution in [2.24, 2.45) is 0 Å². The number of halogens is 1. The van der Waals surface area contributed by atoms with Crippen LogP contribution in [0.2, 0.25) is 0 Å². The normalized spacial score (nSPS) is 15.1. The number of hydrogen-bond acceptors (Lipinski definition) is 4. The number of nitrogens with zero attached hydrogens (tertiary/aromatic N) is 4. The highest BCUT2D eigenvalue weighted by atomic mass is 19.1. The Morgan fingerprint density at radius 1 is 1.19 bits per heavy atom. The first kappa shape index (κ1) is 18.1. The van der Waals surface area contributed by atoms with Gasteiger partial charge in [0.05, 0.1) is 6.54 Å². The van der Waals surface area contributed by atoms with Gasteiger partial charge < -0.3 is 15.1 Å². The summed E-state index contributed by atoms with van der Waals surface area (Å²) in [6.07, 6.45) is 0. The molecule has 1 aliphatic rings. The van der Waals surface area contributed by atoms with Crippen LogP contribution >= 0.6 is 0 Å². The molecule has 2 aromatic rings. The first-order chi connectivity index (χ1) is 12.5. The third-order valence-electron chi connectivity index (χ3n) is 4.46. The molecule has 2 amide bonds. The van der Waals surface area contributed by atoms with Crippen LogP contribution in [-0.2, 0) is 4.79 Å². The molecule has 0 spiro atoms. The molecule has 0 aliphatic carbocycles. The highest BCUT2D eigenvalue weighted by Crippen LogP contribution is 2.15. The molecule has 26 heavy (non-hydrogen) atoms. The van der Waals surface area contributed by atoms with Crippen molar-refractivity contribution in [1.29, 1.82) is 0 Å². The van der Waals surface area contributed by atoms with Gasteiger partial charge in [0.1, 0.15) is 11.5 Å². The Hall–Kier alpha value is -2.74. The van der Waals surface area contributed by atoms with Crippen LogP contribution in [0.3, 0.4) is 0 Å². The summed E-state index contributed by atoms with van der Waals surface area (Å²) in [6.45, 7) is 4.63. The topological polar surface area (TPSA) is 70.5 Å². The van der Waals surface area contributed by atoms with E-state index in [1.807, 2.05) is 7.05 Å². The number of carbonyl (C=O) groups is 2. The number of benzene rings is 1. The van der Waals surface area contributed by atoms with Gasteiger partial charge in [-0.05, 0) is 32.2 Å². The van der Waals surface area contributed by atoms with Crippen molar-refractivity contribution >= 4 is 11.8 Å². The van der Waals surface area contributed by atoms with Crippen LogP contribution in [-0.4, -0.2) is 71.2 Å². The largest absolute Gasteiger partial charge is 0.342 e. The lowest BCUT2D eigenvalue weighted by Gasteiger charge is -2.32. The van der Waals surface area contributed by atoms with Crippen LogP contribution in [0.1, 0.15) is 16.2 Å². The number of aryl methyl sites for hydroxylation is 1. The van der Waals surface area contributed by atoms with Crippen LogP contribution in [0.15, 0.2) is 30.3 Å². The SMILES string of the molecule is Cc1cc(C(=O)NCC(=O)N2CCN(C)CC2)nn1-c1ccccc1F. The number of hydrogen-bond donors (Lipinski definition) is 1. The Kier molecular flexibility index (Phi) is 5.32. The van der Waals surface area contributed by atoms with Gasteiger partial charge >= 0.3 is 0 Å². The zero-order chi connectivity index (χ0) is 18.7. The van der Waals surface area contributed by atoms with E-state index < -0.39 is 11.7 Å². The lowest BCUT2D eigenvalue weighted by Crippen LogP contribution is -2.50. The second-order valence-corrected chi connectivity index (χ2v) is 6.40. The lowest BCUT2D eigenvalue weighted by atomic mass is 10.3. The summed E-state index contributed by atoms with van der Waals surface area (Å²) in [5.41, 5.74) is 1.06. The molecule has 0 bridgehead atoms. The average molecular weight is 359 g/mol. The molecule has 1 aromatic heterocycles. The van der Waals surface area contributed by atoms with E-state index in [4.69, 9.17) is 0 Å². The predicted octanol–water partition coefficient (Wildman–Crippen LogP) is 0.824. The minimum atomic E-state index is -0.453. The summed E-state index contributed by atoms with van der Waals surface area (Å²) in [5, 5.41) is 6.77.